The molecule has 1 fully saturated rings. The summed E-state index contributed by atoms with van der Waals surface area (Å²) in [6.07, 6.45) is 6.78. The highest BCUT2D eigenvalue weighted by molar-refractivity contribution is 5.89. The van der Waals surface area contributed by atoms with E-state index in [2.05, 4.69) is 29.2 Å². The summed E-state index contributed by atoms with van der Waals surface area (Å²) in [4.78, 5) is 15.2. The number of allylic oxidation sites excluding steroid dienone is 1. The Morgan fingerprint density at radius 3 is 2.43 bits per heavy atom. The van der Waals surface area contributed by atoms with E-state index in [0.29, 0.717) is 13.2 Å². The summed E-state index contributed by atoms with van der Waals surface area (Å²) >= 11 is 0. The number of nitrogens with one attached hydrogen (secondary N) is 1. The Balaban J connectivity index is 1.67. The van der Waals surface area contributed by atoms with E-state index in [1.165, 1.54) is 41.5 Å². The van der Waals surface area contributed by atoms with Crippen molar-refractivity contribution in [2.75, 3.05) is 13.2 Å². The third kappa shape index (κ3) is 3.51. The first kappa shape index (κ1) is 19.0. The molecule has 4 heteroatoms. The molecule has 4 nitrogen and oxygen atoms in total. The number of aryl methyl sites for hydroxylation is 1. The van der Waals surface area contributed by atoms with E-state index < -0.39 is 0 Å². The SMILES string of the molecule is CCc1cc2cc(C(=C3CCCCC3)c3ccc4c(c3)OCCO4)ccc2[nH]c1=O. The van der Waals surface area contributed by atoms with Crippen LogP contribution >= 0.6 is 0 Å². The standard InChI is InChI=1S/C26H27NO3/c1-2-17-14-21-15-19(8-10-22(21)27-26(17)28)25(18-6-4-3-5-7-18)20-9-11-23-24(16-20)30-13-12-29-23/h8-11,14-16H,2-7,12-13H2,1H3,(H,27,28). The minimum atomic E-state index is 0.00967. The molecule has 0 unspecified atom stereocenters. The van der Waals surface area contributed by atoms with Crippen LogP contribution in [-0.4, -0.2) is 18.2 Å². The molecule has 0 saturated heterocycles. The number of hydrogen-bond donors (Lipinski definition) is 1. The van der Waals surface area contributed by atoms with Gasteiger partial charge in [0.25, 0.3) is 5.56 Å². The molecule has 0 radical (unpaired) electrons. The topological polar surface area (TPSA) is 51.3 Å². The van der Waals surface area contributed by atoms with Gasteiger partial charge in [-0.3, -0.25) is 4.79 Å². The predicted molar refractivity (Wildman–Crippen MR) is 120 cm³/mol. The fourth-order valence-corrected chi connectivity index (χ4v) is 4.67. The molecule has 2 aromatic carbocycles. The zero-order chi connectivity index (χ0) is 20.5. The lowest BCUT2D eigenvalue weighted by molar-refractivity contribution is 0.171. The number of aromatic nitrogens is 1. The summed E-state index contributed by atoms with van der Waals surface area (Å²) in [5, 5.41) is 1.08. The van der Waals surface area contributed by atoms with Crippen molar-refractivity contribution >= 4 is 16.5 Å². The van der Waals surface area contributed by atoms with E-state index >= 15 is 0 Å². The van der Waals surface area contributed by atoms with E-state index in [4.69, 9.17) is 9.47 Å². The van der Waals surface area contributed by atoms with Crippen molar-refractivity contribution < 1.29 is 9.47 Å². The van der Waals surface area contributed by atoms with Gasteiger partial charge in [-0.05, 0) is 84.5 Å². The van der Waals surface area contributed by atoms with Crippen molar-refractivity contribution in [3.05, 3.63) is 75.1 Å². The minimum Gasteiger partial charge on any atom is -0.486 e. The molecule has 1 aliphatic heterocycles. The van der Waals surface area contributed by atoms with Gasteiger partial charge in [-0.15, -0.1) is 0 Å². The largest absolute Gasteiger partial charge is 0.486 e. The van der Waals surface area contributed by atoms with Gasteiger partial charge in [0.15, 0.2) is 11.5 Å². The average molecular weight is 402 g/mol. The first-order valence-corrected chi connectivity index (χ1v) is 11.0. The van der Waals surface area contributed by atoms with Crippen LogP contribution in [0.5, 0.6) is 11.5 Å². The van der Waals surface area contributed by atoms with Crippen LogP contribution in [0.4, 0.5) is 0 Å². The second-order valence-corrected chi connectivity index (χ2v) is 8.18. The van der Waals surface area contributed by atoms with E-state index in [1.54, 1.807) is 0 Å². The van der Waals surface area contributed by atoms with E-state index in [-0.39, 0.29) is 5.56 Å². The zero-order valence-corrected chi connectivity index (χ0v) is 17.4. The maximum atomic E-state index is 12.2. The van der Waals surface area contributed by atoms with Crippen LogP contribution in [0.2, 0.25) is 0 Å². The summed E-state index contributed by atoms with van der Waals surface area (Å²) in [5.41, 5.74) is 6.91. The molecular weight excluding hydrogens is 374 g/mol. The molecule has 0 atom stereocenters. The van der Waals surface area contributed by atoms with Crippen molar-refractivity contribution in [2.45, 2.75) is 45.4 Å². The lowest BCUT2D eigenvalue weighted by Crippen LogP contribution is -2.15. The highest BCUT2D eigenvalue weighted by Gasteiger charge is 2.19. The molecule has 5 rings (SSSR count). The Labute approximate surface area is 176 Å². The maximum Gasteiger partial charge on any atom is 0.251 e. The lowest BCUT2D eigenvalue weighted by atomic mass is 9.84. The van der Waals surface area contributed by atoms with Gasteiger partial charge >= 0.3 is 0 Å². The molecule has 1 saturated carbocycles. The van der Waals surface area contributed by atoms with E-state index in [0.717, 1.165) is 47.2 Å². The fourth-order valence-electron chi connectivity index (χ4n) is 4.67. The van der Waals surface area contributed by atoms with Crippen LogP contribution in [0, 0.1) is 0 Å². The van der Waals surface area contributed by atoms with Crippen molar-refractivity contribution in [3.8, 4) is 11.5 Å². The molecule has 0 spiro atoms. The van der Waals surface area contributed by atoms with Gasteiger partial charge in [-0.1, -0.05) is 31.1 Å². The first-order valence-electron chi connectivity index (χ1n) is 11.0. The van der Waals surface area contributed by atoms with Crippen molar-refractivity contribution in [2.24, 2.45) is 0 Å². The van der Waals surface area contributed by atoms with Gasteiger partial charge in [0.2, 0.25) is 0 Å². The Hall–Kier alpha value is -3.01. The molecule has 154 valence electrons. The predicted octanol–water partition coefficient (Wildman–Crippen LogP) is 5.63. The molecule has 3 aromatic rings. The molecular formula is C26H27NO3. The number of rotatable bonds is 3. The third-order valence-electron chi connectivity index (χ3n) is 6.23. The summed E-state index contributed by atoms with van der Waals surface area (Å²) in [7, 11) is 0. The number of H-pyrrole nitrogens is 1. The summed E-state index contributed by atoms with van der Waals surface area (Å²) < 4.78 is 11.6. The van der Waals surface area contributed by atoms with Crippen molar-refractivity contribution in [1.29, 1.82) is 0 Å². The van der Waals surface area contributed by atoms with Crippen LogP contribution in [0.1, 0.15) is 55.7 Å². The zero-order valence-electron chi connectivity index (χ0n) is 17.4. The third-order valence-corrected chi connectivity index (χ3v) is 6.23. The summed E-state index contributed by atoms with van der Waals surface area (Å²) in [6, 6.07) is 14.7. The number of pyridine rings is 1. The second-order valence-electron chi connectivity index (χ2n) is 8.18. The maximum absolute atomic E-state index is 12.2. The highest BCUT2D eigenvalue weighted by atomic mass is 16.6. The smallest absolute Gasteiger partial charge is 0.251 e. The number of fused-ring (bicyclic) bond motifs is 2. The quantitative estimate of drug-likeness (QED) is 0.619. The van der Waals surface area contributed by atoms with Crippen LogP contribution < -0.4 is 15.0 Å². The van der Waals surface area contributed by atoms with Crippen molar-refractivity contribution in [3.63, 3.8) is 0 Å². The van der Waals surface area contributed by atoms with Gasteiger partial charge in [-0.25, -0.2) is 0 Å². The Bertz CT molecular complexity index is 1180. The van der Waals surface area contributed by atoms with Crippen molar-refractivity contribution in [1.82, 2.24) is 4.98 Å². The average Bonchev–Trinajstić information content (AvgIpc) is 2.79. The van der Waals surface area contributed by atoms with Gasteiger partial charge < -0.3 is 14.5 Å². The van der Waals surface area contributed by atoms with Crippen LogP contribution in [0.3, 0.4) is 0 Å². The summed E-state index contributed by atoms with van der Waals surface area (Å²) in [6.45, 7) is 3.21. The van der Waals surface area contributed by atoms with E-state index in [9.17, 15) is 4.79 Å². The number of hydrogen-bond acceptors (Lipinski definition) is 3. The Kier molecular flexibility index (Phi) is 5.07. The van der Waals surface area contributed by atoms with Gasteiger partial charge in [0.05, 0.1) is 0 Å². The Morgan fingerprint density at radius 1 is 0.900 bits per heavy atom. The second kappa shape index (κ2) is 8.02. The monoisotopic (exact) mass is 401 g/mol. The molecule has 0 bridgehead atoms. The number of benzene rings is 2. The van der Waals surface area contributed by atoms with Gasteiger partial charge in [0.1, 0.15) is 13.2 Å². The van der Waals surface area contributed by atoms with E-state index in [1.807, 2.05) is 25.1 Å². The molecule has 30 heavy (non-hydrogen) atoms. The van der Waals surface area contributed by atoms with Crippen LogP contribution in [0.25, 0.3) is 16.5 Å². The van der Waals surface area contributed by atoms with Gasteiger partial charge in [-0.2, -0.15) is 0 Å². The normalized spacial score (nSPS) is 16.0. The summed E-state index contributed by atoms with van der Waals surface area (Å²) in [5.74, 6) is 1.65. The Morgan fingerprint density at radius 2 is 1.63 bits per heavy atom. The number of aromatic amines is 1. The van der Waals surface area contributed by atoms with Crippen LogP contribution in [0.15, 0.2) is 52.8 Å². The lowest BCUT2D eigenvalue weighted by Gasteiger charge is -2.23. The molecule has 1 N–H and O–H groups in total. The fraction of sp³-hybridized carbons (Fsp3) is 0.346. The van der Waals surface area contributed by atoms with Crippen LogP contribution in [-0.2, 0) is 6.42 Å². The highest BCUT2D eigenvalue weighted by Crippen LogP contribution is 2.39. The molecule has 1 aromatic heterocycles. The first-order chi connectivity index (χ1) is 14.7. The molecule has 0 amide bonds. The van der Waals surface area contributed by atoms with Gasteiger partial charge in [0, 0.05) is 11.1 Å². The molecule has 2 aliphatic rings. The minimum absolute atomic E-state index is 0.00967. The molecule has 2 heterocycles. The molecule has 1 aliphatic carbocycles. The number of ether oxygens (including phenoxy) is 2.